The number of hydrogen-bond acceptors (Lipinski definition) is 5. The number of nitrogens with one attached hydrogen (secondary N) is 1. The quantitative estimate of drug-likeness (QED) is 0.0320. The molecule has 0 saturated carbocycles. The number of unbranched alkanes of at least 4 members (excludes halogenated alkanes) is 66. The summed E-state index contributed by atoms with van der Waals surface area (Å²) in [6.45, 7) is 4.98. The number of carbonyl (C=O) groups is 2. The number of hydrogen-bond donors (Lipinski definition) is 3. The van der Waals surface area contributed by atoms with Gasteiger partial charge in [-0.05, 0) is 57.8 Å². The highest BCUT2D eigenvalue weighted by Gasteiger charge is 2.20. The summed E-state index contributed by atoms with van der Waals surface area (Å²) in [4.78, 5) is 24.7. The van der Waals surface area contributed by atoms with Crippen LogP contribution < -0.4 is 5.32 Å². The highest BCUT2D eigenvalue weighted by molar-refractivity contribution is 5.76. The van der Waals surface area contributed by atoms with E-state index in [-0.39, 0.29) is 18.5 Å². The molecule has 2 atom stereocenters. The lowest BCUT2D eigenvalue weighted by molar-refractivity contribution is -0.143. The lowest BCUT2D eigenvalue weighted by Gasteiger charge is -2.22. The Kier molecular flexibility index (Phi) is 80.3. The second-order valence-corrected chi connectivity index (χ2v) is 29.5. The molecule has 0 aromatic carbocycles. The van der Waals surface area contributed by atoms with E-state index in [1.54, 1.807) is 0 Å². The molecule has 0 aliphatic rings. The number of carbonyl (C=O) groups excluding carboxylic acids is 2. The number of allylic oxidation sites excluding steroid dienone is 4. The first-order valence-corrected chi connectivity index (χ1v) is 42.6. The van der Waals surface area contributed by atoms with E-state index in [0.29, 0.717) is 25.9 Å². The van der Waals surface area contributed by atoms with Crippen LogP contribution in [0.5, 0.6) is 0 Å². The maximum Gasteiger partial charge on any atom is 0.305 e. The first kappa shape index (κ1) is 90.3. The van der Waals surface area contributed by atoms with Crippen molar-refractivity contribution in [2.24, 2.45) is 0 Å². The molecule has 546 valence electrons. The largest absolute Gasteiger partial charge is 0.466 e. The Morgan fingerprint density at radius 3 is 0.848 bits per heavy atom. The van der Waals surface area contributed by atoms with Crippen LogP contribution >= 0.6 is 0 Å². The van der Waals surface area contributed by atoms with Gasteiger partial charge < -0.3 is 20.3 Å². The molecule has 6 heteroatoms. The molecule has 1 amide bonds. The Morgan fingerprint density at radius 1 is 0.304 bits per heavy atom. The zero-order chi connectivity index (χ0) is 66.3. The van der Waals surface area contributed by atoms with E-state index in [0.717, 1.165) is 51.4 Å². The molecule has 0 bridgehead atoms. The topological polar surface area (TPSA) is 95.9 Å². The lowest BCUT2D eigenvalue weighted by Crippen LogP contribution is -2.45. The van der Waals surface area contributed by atoms with E-state index < -0.39 is 12.1 Å². The molecule has 3 N–H and O–H groups in total. The monoisotopic (exact) mass is 1290 g/mol. The van der Waals surface area contributed by atoms with Gasteiger partial charge >= 0.3 is 5.97 Å². The van der Waals surface area contributed by atoms with Crippen LogP contribution in [0.2, 0.25) is 0 Å². The molecule has 92 heavy (non-hydrogen) atoms. The van der Waals surface area contributed by atoms with Gasteiger partial charge in [-0.15, -0.1) is 0 Å². The van der Waals surface area contributed by atoms with E-state index in [2.05, 4.69) is 43.5 Å². The van der Waals surface area contributed by atoms with Gasteiger partial charge in [0, 0.05) is 12.8 Å². The Balaban J connectivity index is 3.30. The number of aliphatic hydroxyl groups excluding tert-OH is 2. The minimum atomic E-state index is -0.661. The molecule has 2 unspecified atom stereocenters. The fourth-order valence-corrected chi connectivity index (χ4v) is 13.8. The van der Waals surface area contributed by atoms with Crippen molar-refractivity contribution in [2.45, 2.75) is 501 Å². The molecule has 0 aliphatic carbocycles. The van der Waals surface area contributed by atoms with Gasteiger partial charge in [-0.1, -0.05) is 443 Å². The van der Waals surface area contributed by atoms with Gasteiger partial charge in [-0.25, -0.2) is 0 Å². The molecule has 0 radical (unpaired) electrons. The summed E-state index contributed by atoms with van der Waals surface area (Å²) in [6.07, 6.45) is 106. The maximum absolute atomic E-state index is 12.6. The third-order valence-electron chi connectivity index (χ3n) is 20.3. The van der Waals surface area contributed by atoms with Crippen LogP contribution in [0.3, 0.4) is 0 Å². The van der Waals surface area contributed by atoms with Gasteiger partial charge in [0.2, 0.25) is 5.91 Å². The SMILES string of the molecule is CCCCC/C=C\C/C=C\CCCCCCCCCC(=O)OCCCCCCCCCCCCCCCCCCCCCCCCCCCCCCCCCCCCCCCC(=O)NC(CO)C(O)CCCCCCCCCCCCCCCCCCCCCCC. The molecule has 0 spiro atoms. The summed E-state index contributed by atoms with van der Waals surface area (Å²) in [5.74, 6) is -0.00680. The van der Waals surface area contributed by atoms with Crippen LogP contribution in [0.25, 0.3) is 0 Å². The fourth-order valence-electron chi connectivity index (χ4n) is 13.8. The average Bonchev–Trinajstić information content (AvgIpc) is 3.62. The number of ether oxygens (including phenoxy) is 1. The second-order valence-electron chi connectivity index (χ2n) is 29.5. The smallest absolute Gasteiger partial charge is 0.305 e. The number of esters is 1. The average molecular weight is 1300 g/mol. The normalized spacial score (nSPS) is 12.5. The van der Waals surface area contributed by atoms with E-state index in [9.17, 15) is 19.8 Å². The van der Waals surface area contributed by atoms with Crippen molar-refractivity contribution < 1.29 is 24.5 Å². The third-order valence-corrected chi connectivity index (χ3v) is 20.3. The molecule has 0 aromatic heterocycles. The Hall–Kier alpha value is -1.66. The second kappa shape index (κ2) is 81.8. The zero-order valence-electron chi connectivity index (χ0n) is 62.8. The molecule has 0 heterocycles. The van der Waals surface area contributed by atoms with Crippen LogP contribution in [0.4, 0.5) is 0 Å². The summed E-state index contributed by atoms with van der Waals surface area (Å²) in [7, 11) is 0. The first-order chi connectivity index (χ1) is 45.5. The molecule has 0 fully saturated rings. The van der Waals surface area contributed by atoms with Crippen molar-refractivity contribution in [1.29, 1.82) is 0 Å². The molecule has 0 rings (SSSR count). The summed E-state index contributed by atoms with van der Waals surface area (Å²) in [5.41, 5.74) is 0. The number of aliphatic hydroxyl groups is 2. The summed E-state index contributed by atoms with van der Waals surface area (Å²) in [5, 5.41) is 23.5. The molecule has 0 aliphatic heterocycles. The Bertz CT molecular complexity index is 1450. The maximum atomic E-state index is 12.6. The minimum absolute atomic E-state index is 0.0166. The highest BCUT2D eigenvalue weighted by atomic mass is 16.5. The number of amides is 1. The van der Waals surface area contributed by atoms with Crippen molar-refractivity contribution in [3.8, 4) is 0 Å². The molecule has 0 aromatic rings. The van der Waals surface area contributed by atoms with Crippen LogP contribution in [0, 0.1) is 0 Å². The summed E-state index contributed by atoms with van der Waals surface area (Å²) >= 11 is 0. The highest BCUT2D eigenvalue weighted by Crippen LogP contribution is 2.21. The van der Waals surface area contributed by atoms with Gasteiger partial charge in [-0.2, -0.15) is 0 Å². The lowest BCUT2D eigenvalue weighted by atomic mass is 10.0. The van der Waals surface area contributed by atoms with Crippen LogP contribution in [0.1, 0.15) is 489 Å². The van der Waals surface area contributed by atoms with E-state index in [1.807, 2.05) is 0 Å². The molecule has 0 saturated heterocycles. The Morgan fingerprint density at radius 2 is 0.543 bits per heavy atom. The van der Waals surface area contributed by atoms with Gasteiger partial charge in [0.1, 0.15) is 0 Å². The van der Waals surface area contributed by atoms with Gasteiger partial charge in [0.25, 0.3) is 0 Å². The molecule has 6 nitrogen and oxygen atoms in total. The standard InChI is InChI=1S/C86H167NO5/c1-3-5-7-9-11-13-15-17-19-21-22-40-43-47-50-54-58-62-66-70-74-78-84(89)83(82-88)87-85(90)79-75-71-67-63-59-55-51-48-44-41-38-36-34-32-30-28-26-24-23-25-27-29-31-33-35-37-39-42-45-49-53-57-61-65-69-73-77-81-92-86(91)80-76-72-68-64-60-56-52-46-20-18-16-14-12-10-8-6-4-2/h12,14,18,20,83-84,88-89H,3-11,13,15-17,19,21-82H2,1-2H3,(H,87,90)/b14-12-,20-18-. The molecular weight excluding hydrogens is 1130 g/mol. The predicted molar refractivity (Wildman–Crippen MR) is 407 cm³/mol. The molecular formula is C86H167NO5. The van der Waals surface area contributed by atoms with Gasteiger partial charge in [0.15, 0.2) is 0 Å². The van der Waals surface area contributed by atoms with Crippen LogP contribution in [0.15, 0.2) is 24.3 Å². The predicted octanol–water partition coefficient (Wildman–Crippen LogP) is 28.4. The van der Waals surface area contributed by atoms with Crippen molar-refractivity contribution in [3.05, 3.63) is 24.3 Å². The summed E-state index contributed by atoms with van der Waals surface area (Å²) < 4.78 is 5.51. The van der Waals surface area contributed by atoms with Crippen molar-refractivity contribution >= 4 is 11.9 Å². The van der Waals surface area contributed by atoms with Crippen molar-refractivity contribution in [1.82, 2.24) is 5.32 Å². The fraction of sp³-hybridized carbons (Fsp3) is 0.930. The Labute approximate surface area is 577 Å². The summed E-state index contributed by atoms with van der Waals surface area (Å²) in [6, 6.07) is -0.538. The van der Waals surface area contributed by atoms with Gasteiger partial charge in [-0.3, -0.25) is 9.59 Å². The van der Waals surface area contributed by atoms with E-state index >= 15 is 0 Å². The first-order valence-electron chi connectivity index (χ1n) is 42.6. The van der Waals surface area contributed by atoms with E-state index in [1.165, 1.54) is 405 Å². The van der Waals surface area contributed by atoms with Crippen LogP contribution in [-0.2, 0) is 14.3 Å². The van der Waals surface area contributed by atoms with E-state index in [4.69, 9.17) is 4.74 Å². The van der Waals surface area contributed by atoms with Gasteiger partial charge in [0.05, 0.1) is 25.4 Å². The third kappa shape index (κ3) is 77.3. The van der Waals surface area contributed by atoms with Crippen molar-refractivity contribution in [3.63, 3.8) is 0 Å². The zero-order valence-corrected chi connectivity index (χ0v) is 62.8. The van der Waals surface area contributed by atoms with Crippen molar-refractivity contribution in [2.75, 3.05) is 13.2 Å². The van der Waals surface area contributed by atoms with Crippen LogP contribution in [-0.4, -0.2) is 47.4 Å². The number of rotatable bonds is 81. The minimum Gasteiger partial charge on any atom is -0.466 e.